The van der Waals surface area contributed by atoms with Crippen LogP contribution in [0.4, 0.5) is 0 Å². The Kier molecular flexibility index (Phi) is 4.82. The number of hydrogen-bond donors (Lipinski definition) is 0. The standard InChI is InChI=1S/C15H19N5O4S/c1-19(15(21)12-7-5-9-20(12)25(2,22)23)10-13-17-14(18-24-13)11-6-3-4-8-16-11/h3-4,6,8,12H,5,7,9-10H2,1-2H3/t12-/m0/s1. The number of carbonyl (C=O) groups excluding carboxylic acids is 1. The number of amides is 1. The van der Waals surface area contributed by atoms with Gasteiger partial charge in [-0.25, -0.2) is 8.42 Å². The molecule has 3 rings (SSSR count). The average Bonchev–Trinajstić information content (AvgIpc) is 3.24. The Balaban J connectivity index is 1.69. The molecule has 1 atom stereocenters. The van der Waals surface area contributed by atoms with Gasteiger partial charge in [0, 0.05) is 19.8 Å². The fraction of sp³-hybridized carbons (Fsp3) is 0.467. The Bertz CT molecular complexity index is 852. The van der Waals surface area contributed by atoms with Crippen molar-refractivity contribution in [3.05, 3.63) is 30.3 Å². The fourth-order valence-corrected chi connectivity index (χ4v) is 3.96. The van der Waals surface area contributed by atoms with E-state index in [4.69, 9.17) is 4.52 Å². The van der Waals surface area contributed by atoms with Gasteiger partial charge in [0.1, 0.15) is 11.7 Å². The zero-order valence-corrected chi connectivity index (χ0v) is 14.8. The summed E-state index contributed by atoms with van der Waals surface area (Å²) in [5, 5.41) is 3.86. The van der Waals surface area contributed by atoms with Crippen LogP contribution >= 0.6 is 0 Å². The van der Waals surface area contributed by atoms with E-state index < -0.39 is 16.1 Å². The van der Waals surface area contributed by atoms with E-state index in [-0.39, 0.29) is 18.3 Å². The summed E-state index contributed by atoms with van der Waals surface area (Å²) in [5.41, 5.74) is 0.575. The van der Waals surface area contributed by atoms with Gasteiger partial charge in [-0.2, -0.15) is 9.29 Å². The Morgan fingerprint density at radius 3 is 2.92 bits per heavy atom. The van der Waals surface area contributed by atoms with Crippen LogP contribution in [-0.4, -0.2) is 64.5 Å². The van der Waals surface area contributed by atoms with Crippen LogP contribution in [0.5, 0.6) is 0 Å². The van der Waals surface area contributed by atoms with Crippen molar-refractivity contribution in [3.8, 4) is 11.5 Å². The molecule has 1 aliphatic heterocycles. The average molecular weight is 365 g/mol. The van der Waals surface area contributed by atoms with Crippen LogP contribution in [-0.2, 0) is 21.4 Å². The molecule has 3 heterocycles. The van der Waals surface area contributed by atoms with Gasteiger partial charge in [-0.3, -0.25) is 9.78 Å². The van der Waals surface area contributed by atoms with Crippen molar-refractivity contribution in [2.75, 3.05) is 19.8 Å². The number of hydrogen-bond acceptors (Lipinski definition) is 7. The predicted octanol–water partition coefficient (Wildman–Crippen LogP) is 0.514. The van der Waals surface area contributed by atoms with Crippen molar-refractivity contribution in [2.24, 2.45) is 0 Å². The van der Waals surface area contributed by atoms with Crippen LogP contribution in [0.3, 0.4) is 0 Å². The van der Waals surface area contributed by atoms with Crippen LogP contribution in [0, 0.1) is 0 Å². The second kappa shape index (κ2) is 6.89. The molecule has 2 aromatic rings. The maximum absolute atomic E-state index is 12.6. The summed E-state index contributed by atoms with van der Waals surface area (Å²) in [6.45, 7) is 0.472. The molecule has 0 unspecified atom stereocenters. The topological polar surface area (TPSA) is 110 Å². The number of carbonyl (C=O) groups is 1. The highest BCUT2D eigenvalue weighted by molar-refractivity contribution is 7.88. The van der Waals surface area contributed by atoms with Gasteiger partial charge in [0.15, 0.2) is 0 Å². The molecular formula is C15H19N5O4S. The monoisotopic (exact) mass is 365 g/mol. The maximum Gasteiger partial charge on any atom is 0.246 e. The van der Waals surface area contributed by atoms with E-state index in [9.17, 15) is 13.2 Å². The van der Waals surface area contributed by atoms with Gasteiger partial charge in [0.25, 0.3) is 0 Å². The molecule has 0 bridgehead atoms. The molecule has 25 heavy (non-hydrogen) atoms. The molecule has 134 valence electrons. The zero-order valence-electron chi connectivity index (χ0n) is 14.0. The van der Waals surface area contributed by atoms with Crippen LogP contribution < -0.4 is 0 Å². The molecular weight excluding hydrogens is 346 g/mol. The first-order valence-corrected chi connectivity index (χ1v) is 9.67. The second-order valence-electron chi connectivity index (χ2n) is 5.95. The molecule has 1 fully saturated rings. The van der Waals surface area contributed by atoms with Crippen molar-refractivity contribution in [1.82, 2.24) is 24.3 Å². The van der Waals surface area contributed by atoms with Crippen molar-refractivity contribution in [2.45, 2.75) is 25.4 Å². The van der Waals surface area contributed by atoms with Crippen LogP contribution in [0.1, 0.15) is 18.7 Å². The number of pyridine rings is 1. The number of likely N-dealkylation sites (N-methyl/N-ethyl adjacent to an activating group) is 1. The largest absolute Gasteiger partial charge is 0.337 e. The minimum absolute atomic E-state index is 0.104. The third-order valence-corrected chi connectivity index (χ3v) is 5.31. The molecule has 10 heteroatoms. The number of aromatic nitrogens is 3. The first-order valence-electron chi connectivity index (χ1n) is 7.82. The summed E-state index contributed by atoms with van der Waals surface area (Å²) in [6.07, 6.45) is 3.93. The van der Waals surface area contributed by atoms with Gasteiger partial charge in [0.05, 0.1) is 12.8 Å². The highest BCUT2D eigenvalue weighted by Gasteiger charge is 2.38. The van der Waals surface area contributed by atoms with Crippen LogP contribution in [0.15, 0.2) is 28.9 Å². The van der Waals surface area contributed by atoms with E-state index in [2.05, 4.69) is 15.1 Å². The fourth-order valence-electron chi connectivity index (χ4n) is 2.84. The first kappa shape index (κ1) is 17.5. The summed E-state index contributed by atoms with van der Waals surface area (Å²) in [7, 11) is -1.82. The van der Waals surface area contributed by atoms with Crippen molar-refractivity contribution < 1.29 is 17.7 Å². The molecule has 9 nitrogen and oxygen atoms in total. The summed E-state index contributed by atoms with van der Waals surface area (Å²) in [4.78, 5) is 22.4. The smallest absolute Gasteiger partial charge is 0.246 e. The van der Waals surface area contributed by atoms with Crippen LogP contribution in [0.25, 0.3) is 11.5 Å². The third-order valence-electron chi connectivity index (χ3n) is 4.03. The summed E-state index contributed by atoms with van der Waals surface area (Å²) in [5.74, 6) is 0.330. The summed E-state index contributed by atoms with van der Waals surface area (Å²) >= 11 is 0. The quantitative estimate of drug-likeness (QED) is 0.759. The Hall–Kier alpha value is -2.33. The normalized spacial score (nSPS) is 18.4. The zero-order chi connectivity index (χ0) is 18.0. The van der Waals surface area contributed by atoms with Crippen molar-refractivity contribution >= 4 is 15.9 Å². The molecule has 0 aliphatic carbocycles. The minimum atomic E-state index is -3.41. The minimum Gasteiger partial charge on any atom is -0.337 e. The van der Waals surface area contributed by atoms with Gasteiger partial charge in [-0.05, 0) is 25.0 Å². The molecule has 0 N–H and O–H groups in total. The highest BCUT2D eigenvalue weighted by atomic mass is 32.2. The highest BCUT2D eigenvalue weighted by Crippen LogP contribution is 2.22. The molecule has 0 saturated carbocycles. The van der Waals surface area contributed by atoms with Crippen LogP contribution in [0.2, 0.25) is 0 Å². The van der Waals surface area contributed by atoms with Gasteiger partial charge in [-0.1, -0.05) is 11.2 Å². The van der Waals surface area contributed by atoms with Gasteiger partial charge in [-0.15, -0.1) is 0 Å². The molecule has 1 aliphatic rings. The van der Waals surface area contributed by atoms with E-state index in [1.54, 1.807) is 25.4 Å². The first-order chi connectivity index (χ1) is 11.9. The second-order valence-corrected chi connectivity index (χ2v) is 7.89. The number of rotatable bonds is 5. The summed E-state index contributed by atoms with van der Waals surface area (Å²) in [6, 6.07) is 4.68. The number of sulfonamides is 1. The molecule has 0 radical (unpaired) electrons. The molecule has 2 aromatic heterocycles. The Morgan fingerprint density at radius 1 is 1.44 bits per heavy atom. The van der Waals surface area contributed by atoms with E-state index in [1.807, 2.05) is 6.07 Å². The SMILES string of the molecule is CN(Cc1nc(-c2ccccn2)no1)C(=O)[C@@H]1CCCN1S(C)(=O)=O. The van der Waals surface area contributed by atoms with Gasteiger partial charge < -0.3 is 9.42 Å². The van der Waals surface area contributed by atoms with E-state index in [1.165, 1.54) is 9.21 Å². The van der Waals surface area contributed by atoms with E-state index >= 15 is 0 Å². The van der Waals surface area contributed by atoms with Crippen molar-refractivity contribution in [1.29, 1.82) is 0 Å². The number of nitrogens with zero attached hydrogens (tertiary/aromatic N) is 5. The lowest BCUT2D eigenvalue weighted by Crippen LogP contribution is -2.45. The predicted molar refractivity (Wildman–Crippen MR) is 88.6 cm³/mol. The maximum atomic E-state index is 12.6. The van der Waals surface area contributed by atoms with E-state index in [0.717, 1.165) is 6.26 Å². The molecule has 0 aromatic carbocycles. The Labute approximate surface area is 145 Å². The van der Waals surface area contributed by atoms with Gasteiger partial charge >= 0.3 is 0 Å². The molecule has 1 saturated heterocycles. The molecule has 0 spiro atoms. The third kappa shape index (κ3) is 3.85. The molecule has 1 amide bonds. The van der Waals surface area contributed by atoms with Gasteiger partial charge in [0.2, 0.25) is 27.6 Å². The lowest BCUT2D eigenvalue weighted by atomic mass is 10.2. The lowest BCUT2D eigenvalue weighted by molar-refractivity contribution is -0.134. The van der Waals surface area contributed by atoms with E-state index in [0.29, 0.717) is 30.9 Å². The Morgan fingerprint density at radius 2 is 2.24 bits per heavy atom. The van der Waals surface area contributed by atoms with Crippen molar-refractivity contribution in [3.63, 3.8) is 0 Å². The summed E-state index contributed by atoms with van der Waals surface area (Å²) < 4.78 is 30.0. The lowest BCUT2D eigenvalue weighted by Gasteiger charge is -2.25.